The Labute approximate surface area is 83.4 Å². The molecule has 1 fully saturated rings. The molecule has 6 nitrogen and oxygen atoms in total. The van der Waals surface area contributed by atoms with E-state index in [0.29, 0.717) is 6.54 Å². The lowest BCUT2D eigenvalue weighted by molar-refractivity contribution is 0.0191. The molecule has 0 aliphatic carbocycles. The number of likely N-dealkylation sites (tertiary alicyclic amines) is 1. The second kappa shape index (κ2) is 3.83. The van der Waals surface area contributed by atoms with Crippen LogP contribution >= 0.6 is 0 Å². The van der Waals surface area contributed by atoms with Crippen LogP contribution in [0.5, 0.6) is 0 Å². The van der Waals surface area contributed by atoms with Gasteiger partial charge in [0.2, 0.25) is 5.96 Å². The minimum Gasteiger partial charge on any atom is -0.377 e. The van der Waals surface area contributed by atoms with Gasteiger partial charge in [0.25, 0.3) is 0 Å². The standard InChI is InChI=1S/C8H17N5O/c1-8(14-2)3-4-13(5-8)7(11)12-6(9)10/h3-5H2,1-2H3,(H5,9,10,11,12). The summed E-state index contributed by atoms with van der Waals surface area (Å²) in [4.78, 5) is 5.48. The third-order valence-electron chi connectivity index (χ3n) is 2.46. The van der Waals surface area contributed by atoms with E-state index in [2.05, 4.69) is 4.99 Å². The van der Waals surface area contributed by atoms with Gasteiger partial charge in [0.1, 0.15) is 0 Å². The van der Waals surface area contributed by atoms with Gasteiger partial charge in [-0.15, -0.1) is 0 Å². The van der Waals surface area contributed by atoms with Gasteiger partial charge in [-0.05, 0) is 13.3 Å². The molecule has 1 aliphatic heterocycles. The van der Waals surface area contributed by atoms with E-state index in [1.807, 2.05) is 6.92 Å². The highest BCUT2D eigenvalue weighted by atomic mass is 16.5. The Kier molecular flexibility index (Phi) is 2.95. The lowest BCUT2D eigenvalue weighted by atomic mass is 10.1. The molecule has 1 unspecified atom stereocenters. The zero-order chi connectivity index (χ0) is 10.8. The van der Waals surface area contributed by atoms with E-state index in [4.69, 9.17) is 21.6 Å². The molecule has 6 heteroatoms. The summed E-state index contributed by atoms with van der Waals surface area (Å²) in [5.74, 6) is 0.0202. The Balaban J connectivity index is 2.58. The van der Waals surface area contributed by atoms with Crippen molar-refractivity contribution in [3.63, 3.8) is 0 Å². The molecular weight excluding hydrogens is 182 g/mol. The zero-order valence-electron chi connectivity index (χ0n) is 8.58. The summed E-state index contributed by atoms with van der Waals surface area (Å²) < 4.78 is 5.33. The van der Waals surface area contributed by atoms with E-state index in [1.54, 1.807) is 12.0 Å². The molecule has 0 saturated carbocycles. The fourth-order valence-electron chi connectivity index (χ4n) is 1.47. The largest absolute Gasteiger partial charge is 0.377 e. The number of nitrogens with zero attached hydrogens (tertiary/aromatic N) is 2. The Hall–Kier alpha value is -1.30. The lowest BCUT2D eigenvalue weighted by Crippen LogP contribution is -2.36. The minimum atomic E-state index is -0.189. The van der Waals surface area contributed by atoms with Crippen LogP contribution in [0.3, 0.4) is 0 Å². The van der Waals surface area contributed by atoms with Gasteiger partial charge >= 0.3 is 0 Å². The van der Waals surface area contributed by atoms with Crippen molar-refractivity contribution in [1.82, 2.24) is 4.90 Å². The molecule has 0 aromatic carbocycles. The monoisotopic (exact) mass is 199 g/mol. The number of nitrogens with two attached hydrogens (primary N) is 2. The summed E-state index contributed by atoms with van der Waals surface area (Å²) in [7, 11) is 1.67. The quantitative estimate of drug-likeness (QED) is 0.384. The van der Waals surface area contributed by atoms with Crippen molar-refractivity contribution in [3.8, 4) is 0 Å². The lowest BCUT2D eigenvalue weighted by Gasteiger charge is -2.22. The van der Waals surface area contributed by atoms with Crippen LogP contribution in [0.15, 0.2) is 4.99 Å². The average molecular weight is 199 g/mol. The fraction of sp³-hybridized carbons (Fsp3) is 0.750. The van der Waals surface area contributed by atoms with E-state index in [9.17, 15) is 0 Å². The third-order valence-corrected chi connectivity index (χ3v) is 2.46. The van der Waals surface area contributed by atoms with Gasteiger partial charge in [0, 0.05) is 20.2 Å². The summed E-state index contributed by atoms with van der Waals surface area (Å²) in [6.45, 7) is 3.41. The number of hydrogen-bond donors (Lipinski definition) is 3. The normalized spacial score (nSPS) is 26.3. The maximum Gasteiger partial charge on any atom is 0.221 e. The highest BCUT2D eigenvalue weighted by Crippen LogP contribution is 2.23. The molecule has 0 bridgehead atoms. The molecule has 1 atom stereocenters. The first-order valence-corrected chi connectivity index (χ1v) is 4.45. The molecule has 5 N–H and O–H groups in total. The topological polar surface area (TPSA) is 101 Å². The van der Waals surface area contributed by atoms with Crippen molar-refractivity contribution in [2.45, 2.75) is 18.9 Å². The molecule has 1 rings (SSSR count). The number of ether oxygens (including phenoxy) is 1. The first-order valence-electron chi connectivity index (χ1n) is 4.45. The SMILES string of the molecule is COC1(C)CCN(C(=N)N=C(N)N)C1. The van der Waals surface area contributed by atoms with Crippen LogP contribution in [0.1, 0.15) is 13.3 Å². The van der Waals surface area contributed by atoms with Crippen LogP contribution in [0, 0.1) is 5.41 Å². The molecular formula is C8H17N5O. The van der Waals surface area contributed by atoms with Crippen molar-refractivity contribution in [3.05, 3.63) is 0 Å². The van der Waals surface area contributed by atoms with E-state index in [0.717, 1.165) is 13.0 Å². The zero-order valence-corrected chi connectivity index (χ0v) is 8.58. The van der Waals surface area contributed by atoms with Crippen LogP contribution < -0.4 is 11.5 Å². The van der Waals surface area contributed by atoms with Gasteiger partial charge in [0.05, 0.1) is 5.60 Å². The molecule has 1 aliphatic rings. The van der Waals surface area contributed by atoms with Crippen molar-refractivity contribution in [2.24, 2.45) is 16.5 Å². The van der Waals surface area contributed by atoms with Crippen molar-refractivity contribution < 1.29 is 4.74 Å². The van der Waals surface area contributed by atoms with Crippen molar-refractivity contribution >= 4 is 11.9 Å². The summed E-state index contributed by atoms with van der Waals surface area (Å²) in [6, 6.07) is 0. The molecule has 1 saturated heterocycles. The second-order valence-corrected chi connectivity index (χ2v) is 3.69. The minimum absolute atomic E-state index is 0.0824. The first-order chi connectivity index (χ1) is 6.47. The summed E-state index contributed by atoms with van der Waals surface area (Å²) in [6.07, 6.45) is 0.881. The van der Waals surface area contributed by atoms with E-state index >= 15 is 0 Å². The van der Waals surface area contributed by atoms with Gasteiger partial charge in [-0.1, -0.05) is 0 Å². The van der Waals surface area contributed by atoms with Crippen molar-refractivity contribution in [1.29, 1.82) is 5.41 Å². The first kappa shape index (κ1) is 10.8. The molecule has 0 spiro atoms. The number of rotatable bonds is 1. The smallest absolute Gasteiger partial charge is 0.221 e. The number of methoxy groups -OCH3 is 1. The van der Waals surface area contributed by atoms with E-state index < -0.39 is 0 Å². The van der Waals surface area contributed by atoms with Crippen LogP contribution in [0.25, 0.3) is 0 Å². The number of hydrogen-bond acceptors (Lipinski definition) is 2. The predicted octanol–water partition coefficient (Wildman–Crippen LogP) is -0.695. The number of guanidine groups is 2. The predicted molar refractivity (Wildman–Crippen MR) is 55.1 cm³/mol. The van der Waals surface area contributed by atoms with Gasteiger partial charge in [-0.3, -0.25) is 5.41 Å². The highest BCUT2D eigenvalue weighted by molar-refractivity contribution is 5.91. The van der Waals surface area contributed by atoms with Crippen molar-refractivity contribution in [2.75, 3.05) is 20.2 Å². The summed E-state index contributed by atoms with van der Waals surface area (Å²) in [5, 5.41) is 7.59. The van der Waals surface area contributed by atoms with Gasteiger partial charge < -0.3 is 21.1 Å². The average Bonchev–Trinajstić information content (AvgIpc) is 2.48. The van der Waals surface area contributed by atoms with Gasteiger partial charge in [-0.2, -0.15) is 4.99 Å². The summed E-state index contributed by atoms with van der Waals surface area (Å²) >= 11 is 0. The van der Waals surface area contributed by atoms with Gasteiger partial charge in [-0.25, -0.2) is 0 Å². The third kappa shape index (κ3) is 2.35. The molecule has 0 radical (unpaired) electrons. The molecule has 0 amide bonds. The van der Waals surface area contributed by atoms with Crippen LogP contribution in [0.4, 0.5) is 0 Å². The molecule has 0 aromatic rings. The summed E-state index contributed by atoms with van der Waals surface area (Å²) in [5.41, 5.74) is 10.2. The maximum atomic E-state index is 7.59. The molecule has 80 valence electrons. The van der Waals surface area contributed by atoms with Crippen LogP contribution in [0.2, 0.25) is 0 Å². The maximum absolute atomic E-state index is 7.59. The van der Waals surface area contributed by atoms with Gasteiger partial charge in [0.15, 0.2) is 5.96 Å². The number of aliphatic imine (C=N–C) groups is 1. The number of nitrogens with one attached hydrogen (secondary N) is 1. The van der Waals surface area contributed by atoms with E-state index in [-0.39, 0.29) is 17.5 Å². The Morgan fingerprint density at radius 3 is 2.64 bits per heavy atom. The highest BCUT2D eigenvalue weighted by Gasteiger charge is 2.34. The Bertz CT molecular complexity index is 260. The molecule has 0 aromatic heterocycles. The van der Waals surface area contributed by atoms with E-state index in [1.165, 1.54) is 0 Å². The Morgan fingerprint density at radius 1 is 1.57 bits per heavy atom. The van der Waals surface area contributed by atoms with Crippen LogP contribution in [-0.4, -0.2) is 42.6 Å². The Morgan fingerprint density at radius 2 is 2.21 bits per heavy atom. The second-order valence-electron chi connectivity index (χ2n) is 3.69. The van der Waals surface area contributed by atoms with Crippen LogP contribution in [-0.2, 0) is 4.74 Å². The fourth-order valence-corrected chi connectivity index (χ4v) is 1.47. The molecule has 1 heterocycles. The molecule has 14 heavy (non-hydrogen) atoms.